The Labute approximate surface area is 244 Å². The third-order valence-electron chi connectivity index (χ3n) is 7.68. The molecule has 226 valence electrons. The van der Waals surface area contributed by atoms with Crippen molar-refractivity contribution in [3.8, 4) is 0 Å². The van der Waals surface area contributed by atoms with Crippen LogP contribution in [0.15, 0.2) is 59.8 Å². The van der Waals surface area contributed by atoms with E-state index < -0.39 is 12.1 Å². The molecule has 8 nitrogen and oxygen atoms in total. The van der Waals surface area contributed by atoms with Crippen molar-refractivity contribution in [1.29, 1.82) is 0 Å². The minimum Gasteiger partial charge on any atom is -0.469 e. The van der Waals surface area contributed by atoms with Gasteiger partial charge in [0.25, 0.3) is 0 Å². The Balaban J connectivity index is 1.76. The molecule has 0 aliphatic carbocycles. The maximum absolute atomic E-state index is 13.1. The van der Waals surface area contributed by atoms with Gasteiger partial charge in [-0.25, -0.2) is 4.79 Å². The van der Waals surface area contributed by atoms with Crippen LogP contribution in [0.2, 0.25) is 0 Å². The lowest BCUT2D eigenvalue weighted by molar-refractivity contribution is -0.154. The van der Waals surface area contributed by atoms with Crippen LogP contribution in [0.3, 0.4) is 0 Å². The summed E-state index contributed by atoms with van der Waals surface area (Å²) < 4.78 is 28.3. The molecule has 0 unspecified atom stereocenters. The van der Waals surface area contributed by atoms with E-state index in [1.165, 1.54) is 20.3 Å². The summed E-state index contributed by atoms with van der Waals surface area (Å²) in [4.78, 5) is 36.5. The Hall–Kier alpha value is -2.97. The zero-order valence-electron chi connectivity index (χ0n) is 24.9. The van der Waals surface area contributed by atoms with E-state index in [1.807, 2.05) is 44.2 Å². The first-order valence-electron chi connectivity index (χ1n) is 14.8. The van der Waals surface area contributed by atoms with Gasteiger partial charge in [0.1, 0.15) is 6.10 Å². The average Bonchev–Trinajstić information content (AvgIpc) is 2.93. The van der Waals surface area contributed by atoms with Gasteiger partial charge in [0.15, 0.2) is 0 Å². The fourth-order valence-corrected chi connectivity index (χ4v) is 5.53. The van der Waals surface area contributed by atoms with Gasteiger partial charge in [0, 0.05) is 18.4 Å². The standard InChI is InChI=1S/C33H46O8/c1-23(17-31(34)37-3)11-6-5-7-16-30-24(2)12-8-9-13-26-14-10-15-27(39-26)21-28-18-25(20-32(35)38-4)19-29(40-28)22-33(36)41-30/h5-8,11-12,16,20,24,26-30H,9-10,13-15,17-19,21-22H2,1-4H3/b6-5-,12-8-,16-7+,23-11+,25-20-/t24-,26-,27-,28+,29-,30-/m0/s1. The number of hydrogen-bond donors (Lipinski definition) is 0. The van der Waals surface area contributed by atoms with E-state index in [1.54, 1.807) is 0 Å². The molecule has 0 saturated carbocycles. The van der Waals surface area contributed by atoms with E-state index in [0.29, 0.717) is 12.8 Å². The van der Waals surface area contributed by atoms with Gasteiger partial charge in [-0.15, -0.1) is 0 Å². The number of hydrogen-bond acceptors (Lipinski definition) is 8. The quantitative estimate of drug-likeness (QED) is 0.129. The molecular weight excluding hydrogens is 524 g/mol. The lowest BCUT2D eigenvalue weighted by Gasteiger charge is -2.36. The Bertz CT molecular complexity index is 1040. The molecular formula is C33H46O8. The van der Waals surface area contributed by atoms with Gasteiger partial charge < -0.3 is 23.7 Å². The number of carbonyl (C=O) groups is 3. The fraction of sp³-hybridized carbons (Fsp3) is 0.606. The number of cyclic esters (lactones) is 1. The number of ether oxygens (including phenoxy) is 5. The Kier molecular flexibility index (Phi) is 13.6. The molecule has 3 aliphatic heterocycles. The molecule has 41 heavy (non-hydrogen) atoms. The Morgan fingerprint density at radius 1 is 0.951 bits per heavy atom. The smallest absolute Gasteiger partial charge is 0.330 e. The zero-order chi connectivity index (χ0) is 29.6. The first kappa shape index (κ1) is 32.5. The third-order valence-corrected chi connectivity index (χ3v) is 7.68. The Morgan fingerprint density at radius 2 is 1.71 bits per heavy atom. The van der Waals surface area contributed by atoms with Gasteiger partial charge >= 0.3 is 17.9 Å². The topological polar surface area (TPSA) is 97.4 Å². The van der Waals surface area contributed by atoms with E-state index in [2.05, 4.69) is 12.2 Å². The van der Waals surface area contributed by atoms with Crippen LogP contribution in [0.4, 0.5) is 0 Å². The van der Waals surface area contributed by atoms with Crippen molar-refractivity contribution >= 4 is 17.9 Å². The number of esters is 3. The summed E-state index contributed by atoms with van der Waals surface area (Å²) in [6, 6.07) is 0. The van der Waals surface area contributed by atoms with Crippen molar-refractivity contribution in [1.82, 2.24) is 0 Å². The fourth-order valence-electron chi connectivity index (χ4n) is 5.53. The minimum atomic E-state index is -0.462. The maximum Gasteiger partial charge on any atom is 0.330 e. The summed E-state index contributed by atoms with van der Waals surface area (Å²) in [5.74, 6) is -1.06. The molecule has 0 aromatic rings. The molecule has 4 bridgehead atoms. The van der Waals surface area contributed by atoms with Crippen LogP contribution >= 0.6 is 0 Å². The third kappa shape index (κ3) is 11.8. The van der Waals surface area contributed by atoms with Crippen LogP contribution in [-0.4, -0.2) is 62.6 Å². The lowest BCUT2D eigenvalue weighted by Crippen LogP contribution is -2.37. The zero-order valence-corrected chi connectivity index (χ0v) is 24.9. The molecule has 0 amide bonds. The van der Waals surface area contributed by atoms with Crippen molar-refractivity contribution < 1.29 is 38.1 Å². The SMILES string of the molecule is COC(=O)/C=C1\C[C@H]2CC(=O)O[C@@H](/C=C/C=C\C=C(/C)CC(=O)OC)[C@@H](C)/C=C\CC[C@H]3CCC[C@@H](C[C@@H](C1)O2)O3. The largest absolute Gasteiger partial charge is 0.469 e. The maximum atomic E-state index is 13.1. The first-order valence-corrected chi connectivity index (χ1v) is 14.8. The lowest BCUT2D eigenvalue weighted by atomic mass is 9.90. The highest BCUT2D eigenvalue weighted by Gasteiger charge is 2.33. The van der Waals surface area contributed by atoms with Gasteiger partial charge in [-0.3, -0.25) is 9.59 Å². The first-order chi connectivity index (χ1) is 19.7. The van der Waals surface area contributed by atoms with Crippen LogP contribution in [0.5, 0.6) is 0 Å². The monoisotopic (exact) mass is 570 g/mol. The molecule has 6 atom stereocenters. The van der Waals surface area contributed by atoms with Crippen LogP contribution in [0, 0.1) is 5.92 Å². The predicted molar refractivity (Wildman–Crippen MR) is 156 cm³/mol. The molecule has 2 fully saturated rings. The second kappa shape index (κ2) is 17.1. The summed E-state index contributed by atoms with van der Waals surface area (Å²) in [5.41, 5.74) is 1.81. The molecule has 8 heteroatoms. The van der Waals surface area contributed by atoms with E-state index in [4.69, 9.17) is 23.7 Å². The molecule has 0 radical (unpaired) electrons. The van der Waals surface area contributed by atoms with Gasteiger partial charge in [0.2, 0.25) is 0 Å². The van der Waals surface area contributed by atoms with Gasteiger partial charge in [-0.05, 0) is 57.9 Å². The second-order valence-corrected chi connectivity index (χ2v) is 11.2. The number of fused-ring (bicyclic) bond motifs is 4. The summed E-state index contributed by atoms with van der Waals surface area (Å²) in [6.07, 6.45) is 21.6. The van der Waals surface area contributed by atoms with Gasteiger partial charge in [-0.1, -0.05) is 54.5 Å². The molecule has 3 rings (SSSR count). The van der Waals surface area contributed by atoms with E-state index >= 15 is 0 Å². The number of carbonyl (C=O) groups excluding carboxylic acids is 3. The summed E-state index contributed by atoms with van der Waals surface area (Å²) in [6.45, 7) is 3.90. The molecule has 0 aromatic carbocycles. The van der Waals surface area contributed by atoms with Crippen LogP contribution in [0.1, 0.15) is 78.1 Å². The van der Waals surface area contributed by atoms with Crippen molar-refractivity contribution in [2.75, 3.05) is 14.2 Å². The van der Waals surface area contributed by atoms with Crippen molar-refractivity contribution in [2.24, 2.45) is 5.92 Å². The average molecular weight is 571 g/mol. The van der Waals surface area contributed by atoms with Crippen LogP contribution < -0.4 is 0 Å². The minimum absolute atomic E-state index is 0.0389. The molecule has 2 saturated heterocycles. The predicted octanol–water partition coefficient (Wildman–Crippen LogP) is 5.87. The van der Waals surface area contributed by atoms with Gasteiger partial charge in [-0.2, -0.15) is 0 Å². The molecule has 3 aliphatic rings. The van der Waals surface area contributed by atoms with E-state index in [0.717, 1.165) is 49.7 Å². The van der Waals surface area contributed by atoms with E-state index in [9.17, 15) is 14.4 Å². The number of methoxy groups -OCH3 is 2. The van der Waals surface area contributed by atoms with Crippen molar-refractivity contribution in [3.63, 3.8) is 0 Å². The highest BCUT2D eigenvalue weighted by Crippen LogP contribution is 2.33. The van der Waals surface area contributed by atoms with Crippen molar-refractivity contribution in [3.05, 3.63) is 59.8 Å². The Morgan fingerprint density at radius 3 is 2.49 bits per heavy atom. The van der Waals surface area contributed by atoms with E-state index in [-0.39, 0.29) is 55.1 Å². The number of rotatable bonds is 6. The van der Waals surface area contributed by atoms with Crippen molar-refractivity contribution in [2.45, 2.75) is 109 Å². The normalized spacial score (nSPS) is 32.0. The van der Waals surface area contributed by atoms with Crippen LogP contribution in [0.25, 0.3) is 0 Å². The number of allylic oxidation sites excluding steroid dienone is 5. The molecule has 0 aromatic heterocycles. The highest BCUT2D eigenvalue weighted by molar-refractivity contribution is 5.82. The summed E-state index contributed by atoms with van der Waals surface area (Å²) in [5, 5.41) is 0. The van der Waals surface area contributed by atoms with Crippen LogP contribution in [-0.2, 0) is 38.1 Å². The van der Waals surface area contributed by atoms with Gasteiger partial charge in [0.05, 0.1) is 51.5 Å². The summed E-state index contributed by atoms with van der Waals surface area (Å²) >= 11 is 0. The highest BCUT2D eigenvalue weighted by atomic mass is 16.6. The molecule has 3 heterocycles. The summed E-state index contributed by atoms with van der Waals surface area (Å²) in [7, 11) is 2.74. The molecule has 0 N–H and O–H groups in total. The second-order valence-electron chi connectivity index (χ2n) is 11.2. The molecule has 0 spiro atoms.